The molecule has 0 saturated carbocycles. The molecular weight excluding hydrogens is 198 g/mol. The van der Waals surface area contributed by atoms with Crippen LogP contribution in [0.5, 0.6) is 0 Å². The molecule has 0 aromatic rings. The third-order valence-electron chi connectivity index (χ3n) is 1.96. The van der Waals surface area contributed by atoms with Gasteiger partial charge in [0.15, 0.2) is 0 Å². The lowest BCUT2D eigenvalue weighted by Crippen LogP contribution is -2.08. The molecule has 1 unspecified atom stereocenters. The van der Waals surface area contributed by atoms with Crippen LogP contribution in [0.3, 0.4) is 0 Å². The minimum absolute atomic E-state index is 0.0219. The molecule has 0 spiro atoms. The van der Waals surface area contributed by atoms with Crippen LogP contribution in [0.25, 0.3) is 0 Å². The van der Waals surface area contributed by atoms with Crippen molar-refractivity contribution in [1.82, 2.24) is 0 Å². The number of aliphatic carboxylic acids is 2. The summed E-state index contributed by atoms with van der Waals surface area (Å²) in [5, 5.41) is 17.5. The second-order valence-electron chi connectivity index (χ2n) is 3.29. The fourth-order valence-corrected chi connectivity index (χ4v) is 1.15. The summed E-state index contributed by atoms with van der Waals surface area (Å²) in [5.74, 6) is -2.29. The molecule has 5 heteroatoms. The van der Waals surface area contributed by atoms with Gasteiger partial charge in [0, 0.05) is 6.21 Å². The van der Waals surface area contributed by atoms with Crippen LogP contribution in [0.2, 0.25) is 0 Å². The Bertz CT molecular complexity index is 379. The van der Waals surface area contributed by atoms with Crippen LogP contribution in [0.4, 0.5) is 0 Å². The van der Waals surface area contributed by atoms with Crippen molar-refractivity contribution in [3.05, 3.63) is 23.4 Å². The van der Waals surface area contributed by atoms with E-state index in [4.69, 9.17) is 10.2 Å². The van der Waals surface area contributed by atoms with E-state index < -0.39 is 11.9 Å². The Labute approximate surface area is 86.4 Å². The second-order valence-corrected chi connectivity index (χ2v) is 3.29. The monoisotopic (exact) mass is 209 g/mol. The van der Waals surface area contributed by atoms with Crippen LogP contribution in [0.15, 0.2) is 28.4 Å². The van der Waals surface area contributed by atoms with Crippen LogP contribution < -0.4 is 0 Å². The maximum atomic E-state index is 10.7. The minimum atomic E-state index is -1.15. The molecule has 0 fully saturated rings. The fourth-order valence-electron chi connectivity index (χ4n) is 1.15. The third kappa shape index (κ3) is 3.05. The number of carboxylic acid groups (broad SMARTS) is 2. The summed E-state index contributed by atoms with van der Waals surface area (Å²) >= 11 is 0. The van der Waals surface area contributed by atoms with E-state index in [-0.39, 0.29) is 17.2 Å². The molecule has 0 radical (unpaired) electrons. The molecule has 1 heterocycles. The summed E-state index contributed by atoms with van der Waals surface area (Å²) in [4.78, 5) is 25.0. The minimum Gasteiger partial charge on any atom is -0.478 e. The molecule has 2 N–H and O–H groups in total. The Hall–Kier alpha value is -1.91. The SMILES string of the molecule is CC1\C=C(C(=O)O)/N=C/C(C(=O)O)=C/C1. The summed E-state index contributed by atoms with van der Waals surface area (Å²) in [6.45, 7) is 1.81. The maximum absolute atomic E-state index is 10.7. The molecule has 80 valence electrons. The summed E-state index contributed by atoms with van der Waals surface area (Å²) < 4.78 is 0. The smallest absolute Gasteiger partial charge is 0.354 e. The van der Waals surface area contributed by atoms with E-state index >= 15 is 0 Å². The Balaban J connectivity index is 3.03. The average molecular weight is 209 g/mol. The van der Waals surface area contributed by atoms with E-state index in [1.54, 1.807) is 6.92 Å². The molecule has 0 saturated heterocycles. The van der Waals surface area contributed by atoms with E-state index in [1.165, 1.54) is 12.2 Å². The molecular formula is C10H11NO4. The van der Waals surface area contributed by atoms with Gasteiger partial charge in [-0.25, -0.2) is 14.6 Å². The lowest BCUT2D eigenvalue weighted by molar-refractivity contribution is -0.133. The van der Waals surface area contributed by atoms with Gasteiger partial charge < -0.3 is 10.2 Å². The summed E-state index contributed by atoms with van der Waals surface area (Å²) in [5.41, 5.74) is -0.0944. The maximum Gasteiger partial charge on any atom is 0.354 e. The van der Waals surface area contributed by atoms with Crippen molar-refractivity contribution in [2.24, 2.45) is 10.9 Å². The van der Waals surface area contributed by atoms with Crippen molar-refractivity contribution in [3.63, 3.8) is 0 Å². The highest BCUT2D eigenvalue weighted by atomic mass is 16.4. The second kappa shape index (κ2) is 4.54. The van der Waals surface area contributed by atoms with E-state index in [0.29, 0.717) is 6.42 Å². The van der Waals surface area contributed by atoms with Gasteiger partial charge in [0.1, 0.15) is 5.70 Å². The molecule has 1 atom stereocenters. The zero-order chi connectivity index (χ0) is 11.4. The predicted octanol–water partition coefficient (Wildman–Crippen LogP) is 1.08. The summed E-state index contributed by atoms with van der Waals surface area (Å²) in [7, 11) is 0. The van der Waals surface area contributed by atoms with Crippen LogP contribution >= 0.6 is 0 Å². The van der Waals surface area contributed by atoms with Crippen LogP contribution in [0, 0.1) is 5.92 Å². The van der Waals surface area contributed by atoms with Gasteiger partial charge in [-0.05, 0) is 18.4 Å². The molecule has 0 amide bonds. The number of aliphatic imine (C=N–C) groups is 1. The first kappa shape index (κ1) is 11.2. The van der Waals surface area contributed by atoms with E-state index in [9.17, 15) is 9.59 Å². The molecule has 0 bridgehead atoms. The topological polar surface area (TPSA) is 87.0 Å². The van der Waals surface area contributed by atoms with Crippen molar-refractivity contribution in [3.8, 4) is 0 Å². The quantitative estimate of drug-likeness (QED) is 0.712. The van der Waals surface area contributed by atoms with Gasteiger partial charge in [0.2, 0.25) is 0 Å². The van der Waals surface area contributed by atoms with E-state index in [1.807, 2.05) is 0 Å². The van der Waals surface area contributed by atoms with Gasteiger partial charge in [0.05, 0.1) is 5.57 Å². The van der Waals surface area contributed by atoms with E-state index in [0.717, 1.165) is 6.21 Å². The summed E-state index contributed by atoms with van der Waals surface area (Å²) in [6, 6.07) is 0. The number of hydrogen-bond acceptors (Lipinski definition) is 3. The first-order chi connectivity index (χ1) is 7.00. The highest BCUT2D eigenvalue weighted by Crippen LogP contribution is 2.14. The standard InChI is InChI=1S/C10H11NO4/c1-6-2-3-7(9(12)13)5-11-8(4-6)10(14)15/h3-6H,2H2,1H3,(H,12,13)(H,14,15)/b7-3-,8-4-,11-5+. The van der Waals surface area contributed by atoms with E-state index in [2.05, 4.69) is 4.99 Å². The third-order valence-corrected chi connectivity index (χ3v) is 1.96. The molecule has 15 heavy (non-hydrogen) atoms. The van der Waals surface area contributed by atoms with Gasteiger partial charge in [-0.1, -0.05) is 13.0 Å². The molecule has 0 aromatic heterocycles. The lowest BCUT2D eigenvalue weighted by Gasteiger charge is -2.07. The molecule has 1 aliphatic heterocycles. The fraction of sp³-hybridized carbons (Fsp3) is 0.300. The van der Waals surface area contributed by atoms with Gasteiger partial charge in [-0.15, -0.1) is 0 Å². The molecule has 5 nitrogen and oxygen atoms in total. The van der Waals surface area contributed by atoms with Gasteiger partial charge in [-0.3, -0.25) is 0 Å². The number of allylic oxidation sites excluding steroid dienone is 2. The molecule has 0 aromatic carbocycles. The first-order valence-corrected chi connectivity index (χ1v) is 4.43. The normalized spacial score (nSPS) is 30.1. The number of carboxylic acids is 2. The van der Waals surface area contributed by atoms with Crippen LogP contribution in [-0.4, -0.2) is 28.4 Å². The Morgan fingerprint density at radius 3 is 2.60 bits per heavy atom. The largest absolute Gasteiger partial charge is 0.478 e. The highest BCUT2D eigenvalue weighted by molar-refractivity contribution is 6.09. The number of carbonyl (C=O) groups is 2. The van der Waals surface area contributed by atoms with Gasteiger partial charge >= 0.3 is 11.9 Å². The number of hydrogen-bond donors (Lipinski definition) is 2. The van der Waals surface area contributed by atoms with Crippen LogP contribution in [0.1, 0.15) is 13.3 Å². The van der Waals surface area contributed by atoms with Crippen molar-refractivity contribution >= 4 is 18.2 Å². The lowest BCUT2D eigenvalue weighted by atomic mass is 10.0. The highest BCUT2D eigenvalue weighted by Gasteiger charge is 2.12. The average Bonchev–Trinajstić information content (AvgIpc) is 2.10. The van der Waals surface area contributed by atoms with Crippen molar-refractivity contribution in [1.29, 1.82) is 0 Å². The Morgan fingerprint density at radius 2 is 2.07 bits per heavy atom. The van der Waals surface area contributed by atoms with Crippen molar-refractivity contribution in [2.45, 2.75) is 13.3 Å². The molecule has 0 aliphatic carbocycles. The zero-order valence-corrected chi connectivity index (χ0v) is 8.17. The Kier molecular flexibility index (Phi) is 3.38. The molecule has 1 aliphatic rings. The van der Waals surface area contributed by atoms with Gasteiger partial charge in [-0.2, -0.15) is 0 Å². The van der Waals surface area contributed by atoms with Crippen molar-refractivity contribution < 1.29 is 19.8 Å². The Morgan fingerprint density at radius 1 is 1.40 bits per heavy atom. The summed E-state index contributed by atoms with van der Waals surface area (Å²) in [6.07, 6.45) is 4.60. The number of nitrogens with zero attached hydrogens (tertiary/aromatic N) is 1. The van der Waals surface area contributed by atoms with Gasteiger partial charge in [0.25, 0.3) is 0 Å². The number of rotatable bonds is 2. The van der Waals surface area contributed by atoms with Crippen LogP contribution in [-0.2, 0) is 9.59 Å². The predicted molar refractivity (Wildman–Crippen MR) is 53.7 cm³/mol. The zero-order valence-electron chi connectivity index (χ0n) is 8.17. The molecule has 1 rings (SSSR count). The van der Waals surface area contributed by atoms with Crippen molar-refractivity contribution in [2.75, 3.05) is 0 Å². The first-order valence-electron chi connectivity index (χ1n) is 4.43.